The van der Waals surface area contributed by atoms with E-state index in [4.69, 9.17) is 0 Å². The van der Waals surface area contributed by atoms with E-state index < -0.39 is 23.5 Å². The highest BCUT2D eigenvalue weighted by molar-refractivity contribution is 5.78. The summed E-state index contributed by atoms with van der Waals surface area (Å²) in [6, 6.07) is 18.0. The first-order valence-electron chi connectivity index (χ1n) is 10.1. The summed E-state index contributed by atoms with van der Waals surface area (Å²) in [5.41, 5.74) is 3.73. The van der Waals surface area contributed by atoms with Gasteiger partial charge in [0.25, 0.3) is 5.56 Å². The molecule has 0 spiro atoms. The summed E-state index contributed by atoms with van der Waals surface area (Å²) in [6.07, 6.45) is 2.85. The zero-order valence-corrected chi connectivity index (χ0v) is 17.4. The first kappa shape index (κ1) is 21.0. The summed E-state index contributed by atoms with van der Waals surface area (Å²) in [6.45, 7) is 1.69. The van der Waals surface area contributed by atoms with Crippen LogP contribution in [0.25, 0.3) is 16.6 Å². The van der Waals surface area contributed by atoms with Gasteiger partial charge < -0.3 is 14.8 Å². The van der Waals surface area contributed by atoms with Crippen molar-refractivity contribution in [1.82, 2.24) is 19.5 Å². The molecule has 8 nitrogen and oxygen atoms in total. The van der Waals surface area contributed by atoms with Crippen LogP contribution in [0.2, 0.25) is 0 Å². The topological polar surface area (TPSA) is 106 Å². The molecule has 2 aromatic carbocycles. The zero-order chi connectivity index (χ0) is 22.7. The van der Waals surface area contributed by atoms with Crippen molar-refractivity contribution in [3.8, 4) is 11.1 Å². The quantitative estimate of drug-likeness (QED) is 0.469. The Hall–Kier alpha value is -4.20. The van der Waals surface area contributed by atoms with Gasteiger partial charge in [0.05, 0.1) is 12.5 Å². The normalized spacial score (nSPS) is 11.9. The van der Waals surface area contributed by atoms with Crippen LogP contribution in [-0.2, 0) is 16.1 Å². The van der Waals surface area contributed by atoms with Gasteiger partial charge in [-0.15, -0.1) is 0 Å². The molecule has 32 heavy (non-hydrogen) atoms. The molecule has 1 atom stereocenters. The van der Waals surface area contributed by atoms with Gasteiger partial charge in [-0.2, -0.15) is 5.10 Å². The summed E-state index contributed by atoms with van der Waals surface area (Å²) in [7, 11) is 0. The number of rotatable bonds is 7. The lowest BCUT2D eigenvalue weighted by molar-refractivity contribution is -0.137. The van der Waals surface area contributed by atoms with Crippen molar-refractivity contribution in [2.75, 3.05) is 0 Å². The predicted octanol–water partition coefficient (Wildman–Crippen LogP) is 2.80. The van der Waals surface area contributed by atoms with Gasteiger partial charge >= 0.3 is 5.97 Å². The number of aromatic nitrogens is 3. The molecule has 4 rings (SSSR count). The molecule has 4 aromatic rings. The van der Waals surface area contributed by atoms with Crippen LogP contribution in [0.5, 0.6) is 0 Å². The van der Waals surface area contributed by atoms with Crippen LogP contribution in [0.15, 0.2) is 78.0 Å². The van der Waals surface area contributed by atoms with E-state index in [-0.39, 0.29) is 13.0 Å². The lowest BCUT2D eigenvalue weighted by Gasteiger charge is -2.19. The molecule has 0 unspecified atom stereocenters. The molecule has 0 fully saturated rings. The smallest absolute Gasteiger partial charge is 0.305 e. The van der Waals surface area contributed by atoms with Gasteiger partial charge in [-0.05, 0) is 47.4 Å². The van der Waals surface area contributed by atoms with Crippen LogP contribution in [0.1, 0.15) is 23.6 Å². The molecule has 0 bridgehead atoms. The Morgan fingerprint density at radius 3 is 2.69 bits per heavy atom. The number of benzene rings is 2. The molecule has 0 saturated carbocycles. The second kappa shape index (κ2) is 8.89. The molecule has 8 heteroatoms. The number of carboxylic acids is 1. The molecular weight excluding hydrogens is 408 g/mol. The molecule has 0 aliphatic carbocycles. The molecular formula is C24H22N4O4. The van der Waals surface area contributed by atoms with Crippen molar-refractivity contribution in [3.63, 3.8) is 0 Å². The van der Waals surface area contributed by atoms with Gasteiger partial charge in [-0.25, -0.2) is 4.68 Å². The van der Waals surface area contributed by atoms with Crippen LogP contribution >= 0.6 is 0 Å². The van der Waals surface area contributed by atoms with Crippen LogP contribution in [0.3, 0.4) is 0 Å². The van der Waals surface area contributed by atoms with E-state index in [1.165, 1.54) is 6.33 Å². The van der Waals surface area contributed by atoms with Crippen molar-refractivity contribution in [2.45, 2.75) is 25.9 Å². The summed E-state index contributed by atoms with van der Waals surface area (Å²) in [4.78, 5) is 36.7. The summed E-state index contributed by atoms with van der Waals surface area (Å²) < 4.78 is 2.63. The molecule has 2 aromatic heterocycles. The average molecular weight is 430 g/mol. The molecule has 0 aliphatic rings. The number of nitrogens with one attached hydrogen (secondary N) is 1. The largest absolute Gasteiger partial charge is 0.481 e. The lowest BCUT2D eigenvalue weighted by Crippen LogP contribution is -2.36. The van der Waals surface area contributed by atoms with Crippen LogP contribution in [-0.4, -0.2) is 31.2 Å². The molecule has 0 saturated heterocycles. The van der Waals surface area contributed by atoms with Crippen LogP contribution < -0.4 is 10.9 Å². The van der Waals surface area contributed by atoms with E-state index in [9.17, 15) is 19.5 Å². The number of hydrogen-bond donors (Lipinski definition) is 2. The minimum atomic E-state index is -1.04. The minimum absolute atomic E-state index is 0.289. The minimum Gasteiger partial charge on any atom is -0.481 e. The van der Waals surface area contributed by atoms with Gasteiger partial charge in [0.15, 0.2) is 0 Å². The fourth-order valence-corrected chi connectivity index (χ4v) is 3.71. The maximum Gasteiger partial charge on any atom is 0.305 e. The third-order valence-electron chi connectivity index (χ3n) is 5.30. The van der Waals surface area contributed by atoms with Gasteiger partial charge in [0.2, 0.25) is 5.91 Å². The maximum absolute atomic E-state index is 12.7. The van der Waals surface area contributed by atoms with Crippen molar-refractivity contribution < 1.29 is 14.7 Å². The molecule has 2 heterocycles. The number of nitrogens with zero attached hydrogens (tertiary/aromatic N) is 3. The van der Waals surface area contributed by atoms with E-state index in [0.29, 0.717) is 11.1 Å². The first-order chi connectivity index (χ1) is 15.4. The van der Waals surface area contributed by atoms with E-state index in [2.05, 4.69) is 10.4 Å². The second-order valence-corrected chi connectivity index (χ2v) is 7.55. The number of fused-ring (bicyclic) bond motifs is 1. The van der Waals surface area contributed by atoms with E-state index in [0.717, 1.165) is 21.4 Å². The first-order valence-corrected chi connectivity index (χ1v) is 10.1. The fraction of sp³-hybridized carbons (Fsp3) is 0.167. The summed E-state index contributed by atoms with van der Waals surface area (Å²) in [5, 5.41) is 16.2. The molecule has 0 aliphatic heterocycles. The standard InChI is InChI=1S/C24H22N4O4/c1-16-6-2-3-9-19(16)17-7-4-8-18(12-17)20(13-23(30)31)26-22(29)14-28-24(32)21-10-5-11-27(21)15-25-28/h2-12,15,20H,13-14H2,1H3,(H,26,29)(H,30,31)/t20-/m0/s1. The third-order valence-corrected chi connectivity index (χ3v) is 5.30. The van der Waals surface area contributed by atoms with Gasteiger partial charge in [0.1, 0.15) is 18.4 Å². The van der Waals surface area contributed by atoms with Gasteiger partial charge in [-0.3, -0.25) is 14.4 Å². The van der Waals surface area contributed by atoms with Crippen molar-refractivity contribution >= 4 is 17.4 Å². The van der Waals surface area contributed by atoms with E-state index in [1.54, 1.807) is 28.8 Å². The van der Waals surface area contributed by atoms with E-state index >= 15 is 0 Å². The Labute approximate surface area is 183 Å². The number of amides is 1. The molecule has 2 N–H and O–H groups in total. The highest BCUT2D eigenvalue weighted by Crippen LogP contribution is 2.27. The summed E-state index contributed by atoms with van der Waals surface area (Å²) in [5.74, 6) is -1.54. The Kier molecular flexibility index (Phi) is 5.85. The second-order valence-electron chi connectivity index (χ2n) is 7.55. The number of carbonyl (C=O) groups excluding carboxylic acids is 1. The molecule has 1 amide bonds. The average Bonchev–Trinajstić information content (AvgIpc) is 3.25. The van der Waals surface area contributed by atoms with Crippen LogP contribution in [0, 0.1) is 6.92 Å². The number of aryl methyl sites for hydroxylation is 1. The Bertz CT molecular complexity index is 1360. The third kappa shape index (κ3) is 4.44. The Morgan fingerprint density at radius 1 is 1.09 bits per heavy atom. The number of carbonyl (C=O) groups is 2. The predicted molar refractivity (Wildman–Crippen MR) is 119 cm³/mol. The molecule has 162 valence electrons. The lowest BCUT2D eigenvalue weighted by atomic mass is 9.95. The zero-order valence-electron chi connectivity index (χ0n) is 17.4. The Morgan fingerprint density at radius 2 is 1.91 bits per heavy atom. The Balaban J connectivity index is 1.58. The maximum atomic E-state index is 12.7. The van der Waals surface area contributed by atoms with Crippen LogP contribution in [0.4, 0.5) is 0 Å². The van der Waals surface area contributed by atoms with Crippen molar-refractivity contribution in [1.29, 1.82) is 0 Å². The van der Waals surface area contributed by atoms with E-state index in [1.807, 2.05) is 49.4 Å². The number of carboxylic acid groups (broad SMARTS) is 1. The van der Waals surface area contributed by atoms with Crippen molar-refractivity contribution in [2.24, 2.45) is 0 Å². The summed E-state index contributed by atoms with van der Waals surface area (Å²) >= 11 is 0. The highest BCUT2D eigenvalue weighted by atomic mass is 16.4. The number of hydrogen-bond acceptors (Lipinski definition) is 4. The van der Waals surface area contributed by atoms with Gasteiger partial charge in [0, 0.05) is 6.20 Å². The molecule has 0 radical (unpaired) electrons. The number of aliphatic carboxylic acids is 1. The SMILES string of the molecule is Cc1ccccc1-c1cccc([C@H](CC(=O)O)NC(=O)Cn2ncn3cccc3c2=O)c1. The highest BCUT2D eigenvalue weighted by Gasteiger charge is 2.20. The van der Waals surface area contributed by atoms with Gasteiger partial charge in [-0.1, -0.05) is 42.5 Å². The fourth-order valence-electron chi connectivity index (χ4n) is 3.71. The monoisotopic (exact) mass is 430 g/mol. The van der Waals surface area contributed by atoms with Crippen molar-refractivity contribution in [3.05, 3.63) is 94.7 Å².